The molecule has 0 N–H and O–H groups in total. The average molecular weight is 198 g/mol. The minimum absolute atomic E-state index is 0.104. The fourth-order valence-electron chi connectivity index (χ4n) is 3.11. The van der Waals surface area contributed by atoms with Crippen molar-refractivity contribution in [3.8, 4) is 0 Å². The number of ether oxygens (including phenoxy) is 2. The molecule has 0 bridgehead atoms. The van der Waals surface area contributed by atoms with E-state index in [0.29, 0.717) is 0 Å². The Kier molecular flexibility index (Phi) is 1.79. The van der Waals surface area contributed by atoms with E-state index in [0.717, 1.165) is 19.3 Å². The van der Waals surface area contributed by atoms with Gasteiger partial charge in [-0.25, -0.2) is 4.79 Å². The lowest BCUT2D eigenvalue weighted by Crippen LogP contribution is -2.49. The predicted molar refractivity (Wildman–Crippen MR) is 51.9 cm³/mol. The average Bonchev–Trinajstić information content (AvgIpc) is 2.73. The van der Waals surface area contributed by atoms with Crippen molar-refractivity contribution in [2.24, 2.45) is 5.41 Å². The topological polar surface area (TPSA) is 38.8 Å². The van der Waals surface area contributed by atoms with Gasteiger partial charge in [0, 0.05) is 5.41 Å². The first-order valence-electron chi connectivity index (χ1n) is 5.18. The van der Waals surface area contributed by atoms with E-state index >= 15 is 0 Å². The number of fused-ring (bicyclic) bond motifs is 1. The zero-order chi connectivity index (χ0) is 10.6. The number of hydrogen-bond donors (Lipinski definition) is 0. The Morgan fingerprint density at radius 1 is 1.29 bits per heavy atom. The Morgan fingerprint density at radius 2 is 1.93 bits per heavy atom. The highest BCUT2D eigenvalue weighted by molar-refractivity contribution is 5.86. The molecule has 0 aromatic rings. The maximum Gasteiger partial charge on any atom is 0.341 e. The second-order valence-electron chi connectivity index (χ2n) is 5.24. The molecule has 3 heteroatoms. The lowest BCUT2D eigenvalue weighted by molar-refractivity contribution is -0.152. The number of methoxy groups -OCH3 is 1. The monoisotopic (exact) mass is 198 g/mol. The van der Waals surface area contributed by atoms with E-state index in [1.165, 1.54) is 7.11 Å². The van der Waals surface area contributed by atoms with Gasteiger partial charge in [0.25, 0.3) is 0 Å². The zero-order valence-corrected chi connectivity index (χ0v) is 9.35. The molecular formula is C11H18O3. The number of carbonyl (C=O) groups is 1. The summed E-state index contributed by atoms with van der Waals surface area (Å²) in [7, 11) is 1.43. The van der Waals surface area contributed by atoms with Gasteiger partial charge in [-0.3, -0.25) is 0 Å². The second kappa shape index (κ2) is 2.51. The van der Waals surface area contributed by atoms with Crippen LogP contribution in [-0.2, 0) is 14.3 Å². The summed E-state index contributed by atoms with van der Waals surface area (Å²) in [6, 6.07) is 0. The van der Waals surface area contributed by atoms with Crippen LogP contribution in [0.2, 0.25) is 0 Å². The molecule has 0 aromatic heterocycles. The highest BCUT2D eigenvalue weighted by Gasteiger charge is 2.79. The molecule has 2 rings (SSSR count). The minimum Gasteiger partial charge on any atom is -0.467 e. The van der Waals surface area contributed by atoms with Gasteiger partial charge in [-0.15, -0.1) is 0 Å². The van der Waals surface area contributed by atoms with Crippen molar-refractivity contribution < 1.29 is 14.3 Å². The summed E-state index contributed by atoms with van der Waals surface area (Å²) in [6.07, 6.45) is 3.12. The molecule has 0 aromatic carbocycles. The van der Waals surface area contributed by atoms with Gasteiger partial charge in [-0.05, 0) is 26.2 Å². The summed E-state index contributed by atoms with van der Waals surface area (Å²) in [4.78, 5) is 11.8. The van der Waals surface area contributed by atoms with E-state index in [9.17, 15) is 4.79 Å². The van der Waals surface area contributed by atoms with Crippen molar-refractivity contribution in [1.29, 1.82) is 0 Å². The van der Waals surface area contributed by atoms with Crippen LogP contribution in [0.4, 0.5) is 0 Å². The quantitative estimate of drug-likeness (QED) is 0.477. The molecule has 14 heavy (non-hydrogen) atoms. The molecule has 1 aliphatic heterocycles. The molecule has 2 aliphatic rings. The van der Waals surface area contributed by atoms with E-state index in [1.54, 1.807) is 0 Å². The Hall–Kier alpha value is -0.570. The number of hydrogen-bond acceptors (Lipinski definition) is 3. The van der Waals surface area contributed by atoms with Crippen LogP contribution >= 0.6 is 0 Å². The molecule has 3 nitrogen and oxygen atoms in total. The van der Waals surface area contributed by atoms with Crippen molar-refractivity contribution in [1.82, 2.24) is 0 Å². The largest absolute Gasteiger partial charge is 0.467 e. The van der Waals surface area contributed by atoms with Gasteiger partial charge < -0.3 is 9.47 Å². The minimum atomic E-state index is -0.674. The molecule has 1 heterocycles. The van der Waals surface area contributed by atoms with Crippen LogP contribution in [0.1, 0.15) is 40.0 Å². The molecule has 1 saturated heterocycles. The number of rotatable bonds is 1. The van der Waals surface area contributed by atoms with Crippen molar-refractivity contribution in [2.45, 2.75) is 51.2 Å². The fraction of sp³-hybridized carbons (Fsp3) is 0.909. The first kappa shape index (κ1) is 9.97. The van der Waals surface area contributed by atoms with Gasteiger partial charge in [0.2, 0.25) is 0 Å². The third-order valence-electron chi connectivity index (χ3n) is 3.96. The molecule has 1 saturated carbocycles. The zero-order valence-electron chi connectivity index (χ0n) is 9.35. The Bertz CT molecular complexity index is 284. The van der Waals surface area contributed by atoms with Gasteiger partial charge in [0.05, 0.1) is 7.11 Å². The molecule has 2 atom stereocenters. The summed E-state index contributed by atoms with van der Waals surface area (Å²) >= 11 is 0. The van der Waals surface area contributed by atoms with Gasteiger partial charge in [-0.2, -0.15) is 0 Å². The Balaban J connectivity index is 2.37. The van der Waals surface area contributed by atoms with E-state index in [2.05, 4.69) is 13.8 Å². The van der Waals surface area contributed by atoms with E-state index < -0.39 is 5.60 Å². The van der Waals surface area contributed by atoms with Gasteiger partial charge in [0.1, 0.15) is 5.60 Å². The molecule has 0 spiro atoms. The maximum absolute atomic E-state index is 11.8. The molecule has 2 unspecified atom stereocenters. The van der Waals surface area contributed by atoms with Crippen LogP contribution in [0.25, 0.3) is 0 Å². The first-order valence-corrected chi connectivity index (χ1v) is 5.18. The first-order chi connectivity index (χ1) is 6.40. The van der Waals surface area contributed by atoms with Crippen LogP contribution in [0.15, 0.2) is 0 Å². The smallest absolute Gasteiger partial charge is 0.341 e. The molecule has 0 amide bonds. The second-order valence-corrected chi connectivity index (χ2v) is 5.24. The van der Waals surface area contributed by atoms with Gasteiger partial charge in [0.15, 0.2) is 5.60 Å². The molecule has 0 radical (unpaired) electrons. The lowest BCUT2D eigenvalue weighted by Gasteiger charge is -2.35. The van der Waals surface area contributed by atoms with Crippen molar-refractivity contribution in [3.63, 3.8) is 0 Å². The standard InChI is InChI=1S/C11H18O3/c1-9(2)6-5-7-10(3)11(9,14-10)8(12)13-4/h5-7H2,1-4H3. The van der Waals surface area contributed by atoms with Gasteiger partial charge >= 0.3 is 5.97 Å². The maximum atomic E-state index is 11.8. The molecule has 80 valence electrons. The molecule has 1 aliphatic carbocycles. The van der Waals surface area contributed by atoms with E-state index in [1.807, 2.05) is 6.92 Å². The molecule has 2 fully saturated rings. The third-order valence-corrected chi connectivity index (χ3v) is 3.96. The molecular weight excluding hydrogens is 180 g/mol. The van der Waals surface area contributed by atoms with Crippen LogP contribution in [0.5, 0.6) is 0 Å². The lowest BCUT2D eigenvalue weighted by atomic mass is 9.64. The number of epoxide rings is 1. The van der Waals surface area contributed by atoms with Crippen LogP contribution < -0.4 is 0 Å². The number of carbonyl (C=O) groups excluding carboxylic acids is 1. The van der Waals surface area contributed by atoms with Crippen LogP contribution in [0.3, 0.4) is 0 Å². The third kappa shape index (κ3) is 0.888. The van der Waals surface area contributed by atoms with Gasteiger partial charge in [-0.1, -0.05) is 13.8 Å². The number of esters is 1. The van der Waals surface area contributed by atoms with Crippen molar-refractivity contribution in [2.75, 3.05) is 7.11 Å². The van der Waals surface area contributed by atoms with E-state index in [-0.39, 0.29) is 17.0 Å². The van der Waals surface area contributed by atoms with Crippen LogP contribution in [-0.4, -0.2) is 24.3 Å². The Morgan fingerprint density at radius 3 is 2.43 bits per heavy atom. The summed E-state index contributed by atoms with van der Waals surface area (Å²) in [5.41, 5.74) is -1.05. The van der Waals surface area contributed by atoms with Crippen molar-refractivity contribution in [3.05, 3.63) is 0 Å². The van der Waals surface area contributed by atoms with Crippen molar-refractivity contribution >= 4 is 5.97 Å². The highest BCUT2D eigenvalue weighted by atomic mass is 16.7. The SMILES string of the molecule is COC(=O)C12OC1(C)CCCC2(C)C. The summed E-state index contributed by atoms with van der Waals surface area (Å²) < 4.78 is 10.6. The fourth-order valence-corrected chi connectivity index (χ4v) is 3.11. The van der Waals surface area contributed by atoms with Crippen LogP contribution in [0, 0.1) is 5.41 Å². The summed E-state index contributed by atoms with van der Waals surface area (Å²) in [5, 5.41) is 0. The normalized spacial score (nSPS) is 44.0. The van der Waals surface area contributed by atoms with E-state index in [4.69, 9.17) is 9.47 Å². The summed E-state index contributed by atoms with van der Waals surface area (Å²) in [5.74, 6) is -0.204. The summed E-state index contributed by atoms with van der Waals surface area (Å²) in [6.45, 7) is 6.20. The predicted octanol–water partition coefficient (Wildman–Crippen LogP) is 1.90. The highest BCUT2D eigenvalue weighted by Crippen LogP contribution is 2.65. The Labute approximate surface area is 84.8 Å².